The number of nitriles is 1. The molecule has 128 valence electrons. The van der Waals surface area contributed by atoms with E-state index in [9.17, 15) is 10.1 Å². The number of allylic oxidation sites excluding steroid dienone is 1. The van der Waals surface area contributed by atoms with Crippen LogP contribution in [-0.2, 0) is 4.79 Å². The van der Waals surface area contributed by atoms with E-state index in [4.69, 9.17) is 26.8 Å². The second-order valence-electron chi connectivity index (χ2n) is 5.07. The summed E-state index contributed by atoms with van der Waals surface area (Å²) in [5.41, 5.74) is 7.11. The lowest BCUT2D eigenvalue weighted by Crippen LogP contribution is -2.20. The first-order valence-corrected chi connectivity index (χ1v) is 7.97. The molecule has 0 unspecified atom stereocenters. The van der Waals surface area contributed by atoms with Crippen LogP contribution in [0.3, 0.4) is 0 Å². The summed E-state index contributed by atoms with van der Waals surface area (Å²) >= 11 is 5.88. The minimum atomic E-state index is -0.569. The Morgan fingerprint density at radius 2 is 1.92 bits per heavy atom. The molecule has 0 fully saturated rings. The molecule has 0 atom stereocenters. The molecule has 1 amide bonds. The van der Waals surface area contributed by atoms with Gasteiger partial charge in [-0.15, -0.1) is 0 Å². The molecular formula is C19H17ClN2O3. The fourth-order valence-electron chi connectivity index (χ4n) is 2.13. The lowest BCUT2D eigenvalue weighted by atomic mass is 10.0. The molecule has 0 aromatic heterocycles. The van der Waals surface area contributed by atoms with Crippen LogP contribution in [0.15, 0.2) is 42.5 Å². The van der Waals surface area contributed by atoms with Gasteiger partial charge in [-0.05, 0) is 48.4 Å². The number of rotatable bonds is 7. The number of halogens is 1. The number of hydrogen-bond donors (Lipinski definition) is 1. The summed E-state index contributed by atoms with van der Waals surface area (Å²) in [6.45, 7) is 2.04. The normalized spacial score (nSPS) is 10.8. The highest BCUT2D eigenvalue weighted by Gasteiger charge is 2.08. The van der Waals surface area contributed by atoms with Crippen LogP contribution < -0.4 is 15.2 Å². The number of benzene rings is 2. The number of carbonyl (C=O) groups is 1. The predicted octanol–water partition coefficient (Wildman–Crippen LogP) is 3.67. The van der Waals surface area contributed by atoms with Crippen molar-refractivity contribution < 1.29 is 14.3 Å². The molecule has 2 rings (SSSR count). The van der Waals surface area contributed by atoms with Gasteiger partial charge in [0.05, 0.1) is 18.2 Å². The Morgan fingerprint density at radius 3 is 2.52 bits per heavy atom. The summed E-state index contributed by atoms with van der Waals surface area (Å²) in [6, 6.07) is 14.4. The Labute approximate surface area is 151 Å². The third-order valence-electron chi connectivity index (χ3n) is 3.22. The third kappa shape index (κ3) is 5.27. The summed E-state index contributed by atoms with van der Waals surface area (Å²) in [5.74, 6) is 0.328. The van der Waals surface area contributed by atoms with Gasteiger partial charge in [-0.1, -0.05) is 29.8 Å². The van der Waals surface area contributed by atoms with Crippen molar-refractivity contribution in [3.05, 3.63) is 58.6 Å². The lowest BCUT2D eigenvalue weighted by Gasteiger charge is -2.11. The van der Waals surface area contributed by atoms with Crippen molar-refractivity contribution in [3.63, 3.8) is 0 Å². The second kappa shape index (κ2) is 8.76. The molecular weight excluding hydrogens is 340 g/mol. The predicted molar refractivity (Wildman–Crippen MR) is 97.2 cm³/mol. The van der Waals surface area contributed by atoms with Crippen LogP contribution in [0.2, 0.25) is 5.02 Å². The number of nitrogens with two attached hydrogens (primary N) is 1. The van der Waals surface area contributed by atoms with Gasteiger partial charge < -0.3 is 15.2 Å². The van der Waals surface area contributed by atoms with Crippen LogP contribution in [0, 0.1) is 11.3 Å². The monoisotopic (exact) mass is 356 g/mol. The molecule has 0 spiro atoms. The van der Waals surface area contributed by atoms with Gasteiger partial charge in [0.2, 0.25) is 0 Å². The van der Waals surface area contributed by atoms with Crippen molar-refractivity contribution in [2.45, 2.75) is 6.92 Å². The highest BCUT2D eigenvalue weighted by molar-refractivity contribution is 6.30. The van der Waals surface area contributed by atoms with Crippen molar-refractivity contribution in [2.75, 3.05) is 13.2 Å². The summed E-state index contributed by atoms with van der Waals surface area (Å²) in [4.78, 5) is 10.9. The van der Waals surface area contributed by atoms with Crippen molar-refractivity contribution in [1.29, 1.82) is 5.26 Å². The number of nitrogens with zero attached hydrogens (tertiary/aromatic N) is 1. The van der Waals surface area contributed by atoms with Gasteiger partial charge >= 0.3 is 0 Å². The van der Waals surface area contributed by atoms with Crippen molar-refractivity contribution >= 4 is 29.2 Å². The Hall–Kier alpha value is -2.97. The number of amides is 1. The van der Waals surface area contributed by atoms with E-state index in [1.807, 2.05) is 6.92 Å². The van der Waals surface area contributed by atoms with Gasteiger partial charge in [-0.2, -0.15) is 5.26 Å². The van der Waals surface area contributed by atoms with Crippen molar-refractivity contribution in [2.24, 2.45) is 5.73 Å². The number of hydrogen-bond acceptors (Lipinski definition) is 4. The molecule has 2 aromatic carbocycles. The lowest BCUT2D eigenvalue weighted by molar-refractivity contribution is -0.119. The van der Waals surface area contributed by atoms with E-state index in [0.29, 0.717) is 28.7 Å². The van der Waals surface area contributed by atoms with E-state index < -0.39 is 5.91 Å². The molecule has 0 saturated heterocycles. The largest absolute Gasteiger partial charge is 0.490 e. The molecule has 2 N–H and O–H groups in total. The minimum Gasteiger partial charge on any atom is -0.490 e. The van der Waals surface area contributed by atoms with Crippen LogP contribution in [0.25, 0.3) is 11.6 Å². The summed E-state index contributed by atoms with van der Waals surface area (Å²) < 4.78 is 10.9. The smallest absolute Gasteiger partial charge is 0.255 e. The zero-order valence-corrected chi connectivity index (χ0v) is 14.4. The molecule has 0 aliphatic rings. The maximum Gasteiger partial charge on any atom is 0.255 e. The Balaban J connectivity index is 2.34. The van der Waals surface area contributed by atoms with Gasteiger partial charge in [-0.3, -0.25) is 4.79 Å². The van der Waals surface area contributed by atoms with Gasteiger partial charge in [0.1, 0.15) is 0 Å². The number of carbonyl (C=O) groups excluding carboxylic acids is 1. The topological polar surface area (TPSA) is 85.3 Å². The van der Waals surface area contributed by atoms with Crippen molar-refractivity contribution in [3.8, 4) is 17.6 Å². The maximum absolute atomic E-state index is 10.9. The molecule has 0 heterocycles. The standard InChI is InChI=1S/C19H17ClN2O3/c1-2-24-18-10-13(3-8-17(18)25-12-19(22)23)9-15(11-21)14-4-6-16(20)7-5-14/h3-10H,2,12H2,1H3,(H2,22,23)/b15-9+. The Kier molecular flexibility index (Phi) is 6.44. The minimum absolute atomic E-state index is 0.233. The summed E-state index contributed by atoms with van der Waals surface area (Å²) in [7, 11) is 0. The average molecular weight is 357 g/mol. The average Bonchev–Trinajstić information content (AvgIpc) is 2.60. The van der Waals surface area contributed by atoms with E-state index >= 15 is 0 Å². The van der Waals surface area contributed by atoms with E-state index in [1.54, 1.807) is 48.5 Å². The third-order valence-corrected chi connectivity index (χ3v) is 3.48. The van der Waals surface area contributed by atoms with E-state index in [1.165, 1.54) is 0 Å². The number of ether oxygens (including phenoxy) is 2. The molecule has 6 heteroatoms. The van der Waals surface area contributed by atoms with Crippen LogP contribution in [0.4, 0.5) is 0 Å². The molecule has 0 saturated carbocycles. The molecule has 25 heavy (non-hydrogen) atoms. The SMILES string of the molecule is CCOc1cc(/C=C(\C#N)c2ccc(Cl)cc2)ccc1OCC(N)=O. The first-order chi connectivity index (χ1) is 12.0. The quantitative estimate of drug-likeness (QED) is 0.606. The van der Waals surface area contributed by atoms with Gasteiger partial charge in [0.25, 0.3) is 5.91 Å². The molecule has 2 aromatic rings. The summed E-state index contributed by atoms with van der Waals surface area (Å²) in [5, 5.41) is 10.0. The molecule has 0 aliphatic carbocycles. The Bertz CT molecular complexity index is 824. The summed E-state index contributed by atoms with van der Waals surface area (Å²) in [6.07, 6.45) is 1.74. The Morgan fingerprint density at radius 1 is 1.20 bits per heavy atom. The molecule has 0 bridgehead atoms. The fraction of sp³-hybridized carbons (Fsp3) is 0.158. The maximum atomic E-state index is 10.9. The molecule has 0 aliphatic heterocycles. The van der Waals surface area contributed by atoms with E-state index in [0.717, 1.165) is 11.1 Å². The zero-order valence-electron chi connectivity index (χ0n) is 13.7. The van der Waals surface area contributed by atoms with Crippen LogP contribution in [0.5, 0.6) is 11.5 Å². The number of primary amides is 1. The highest BCUT2D eigenvalue weighted by atomic mass is 35.5. The van der Waals surface area contributed by atoms with Crippen LogP contribution >= 0.6 is 11.6 Å². The molecule has 5 nitrogen and oxygen atoms in total. The first-order valence-electron chi connectivity index (χ1n) is 7.59. The molecule has 0 radical (unpaired) electrons. The van der Waals surface area contributed by atoms with Crippen LogP contribution in [-0.4, -0.2) is 19.1 Å². The van der Waals surface area contributed by atoms with E-state index in [2.05, 4.69) is 6.07 Å². The first kappa shape index (κ1) is 18.4. The fourth-order valence-corrected chi connectivity index (χ4v) is 2.25. The van der Waals surface area contributed by atoms with Gasteiger partial charge in [0.15, 0.2) is 18.1 Å². The van der Waals surface area contributed by atoms with Crippen molar-refractivity contribution in [1.82, 2.24) is 0 Å². The van der Waals surface area contributed by atoms with E-state index in [-0.39, 0.29) is 6.61 Å². The highest BCUT2D eigenvalue weighted by Crippen LogP contribution is 2.30. The second-order valence-corrected chi connectivity index (χ2v) is 5.51. The van der Waals surface area contributed by atoms with Gasteiger partial charge in [0, 0.05) is 5.02 Å². The zero-order chi connectivity index (χ0) is 18.2. The van der Waals surface area contributed by atoms with Gasteiger partial charge in [-0.25, -0.2) is 0 Å². The van der Waals surface area contributed by atoms with Crippen LogP contribution in [0.1, 0.15) is 18.1 Å².